The molecule has 4 rings (SSSR count). The van der Waals surface area contributed by atoms with Gasteiger partial charge >= 0.3 is 0 Å². The molecule has 0 bridgehead atoms. The van der Waals surface area contributed by atoms with Crippen LogP contribution in [-0.2, 0) is 20.9 Å². The Balaban J connectivity index is 1.41. The highest BCUT2D eigenvalue weighted by Gasteiger charge is 2.40. The molecule has 2 aromatic rings. The van der Waals surface area contributed by atoms with E-state index in [0.717, 1.165) is 11.4 Å². The lowest BCUT2D eigenvalue weighted by Crippen LogP contribution is -2.58. The molecule has 3 heterocycles. The minimum Gasteiger partial charge on any atom is -0.497 e. The van der Waals surface area contributed by atoms with Crippen LogP contribution in [0.25, 0.3) is 0 Å². The maximum atomic E-state index is 13.1. The van der Waals surface area contributed by atoms with E-state index in [0.29, 0.717) is 25.4 Å². The lowest BCUT2D eigenvalue weighted by Gasteiger charge is -2.40. The SMILES string of the molecule is COc1cccc(N2C(=O)CN(C(=O)[C@@H]3CC(=O)N(Cc4ccccn4)C3)C[C@H]2C)c1. The minimum absolute atomic E-state index is 0.00527. The van der Waals surface area contributed by atoms with Crippen LogP contribution < -0.4 is 9.64 Å². The Morgan fingerprint density at radius 2 is 1.97 bits per heavy atom. The Bertz CT molecular complexity index is 981. The van der Waals surface area contributed by atoms with Crippen LogP contribution in [-0.4, -0.2) is 65.3 Å². The topological polar surface area (TPSA) is 83.0 Å². The average Bonchev–Trinajstić information content (AvgIpc) is 3.13. The zero-order valence-electron chi connectivity index (χ0n) is 17.7. The van der Waals surface area contributed by atoms with Gasteiger partial charge < -0.3 is 19.4 Å². The number of hydrogen-bond donors (Lipinski definition) is 0. The fourth-order valence-electron chi connectivity index (χ4n) is 4.31. The first-order valence-corrected chi connectivity index (χ1v) is 10.4. The van der Waals surface area contributed by atoms with Gasteiger partial charge in [0.05, 0.1) is 31.3 Å². The van der Waals surface area contributed by atoms with E-state index in [2.05, 4.69) is 4.98 Å². The largest absolute Gasteiger partial charge is 0.497 e. The number of carbonyl (C=O) groups excluding carboxylic acids is 3. The van der Waals surface area contributed by atoms with Gasteiger partial charge in [0, 0.05) is 37.5 Å². The summed E-state index contributed by atoms with van der Waals surface area (Å²) in [5.74, 6) is -0.0937. The number of likely N-dealkylation sites (tertiary alicyclic amines) is 1. The lowest BCUT2D eigenvalue weighted by molar-refractivity contribution is -0.141. The zero-order chi connectivity index (χ0) is 22.0. The number of benzene rings is 1. The minimum atomic E-state index is -0.431. The molecular weight excluding hydrogens is 396 g/mol. The van der Waals surface area contributed by atoms with E-state index >= 15 is 0 Å². The maximum absolute atomic E-state index is 13.1. The van der Waals surface area contributed by atoms with Gasteiger partial charge in [-0.1, -0.05) is 12.1 Å². The van der Waals surface area contributed by atoms with Gasteiger partial charge in [-0.25, -0.2) is 0 Å². The number of piperazine rings is 1. The van der Waals surface area contributed by atoms with Gasteiger partial charge in [-0.3, -0.25) is 19.4 Å². The molecule has 0 radical (unpaired) electrons. The van der Waals surface area contributed by atoms with Crippen LogP contribution >= 0.6 is 0 Å². The molecule has 2 atom stereocenters. The number of rotatable bonds is 5. The van der Waals surface area contributed by atoms with Crippen molar-refractivity contribution in [2.24, 2.45) is 5.92 Å². The molecule has 3 amide bonds. The molecule has 0 N–H and O–H groups in total. The van der Waals surface area contributed by atoms with E-state index in [4.69, 9.17) is 4.74 Å². The quantitative estimate of drug-likeness (QED) is 0.733. The van der Waals surface area contributed by atoms with Crippen molar-refractivity contribution in [2.45, 2.75) is 25.9 Å². The first kappa shape index (κ1) is 20.8. The number of methoxy groups -OCH3 is 1. The lowest BCUT2D eigenvalue weighted by atomic mass is 10.0. The van der Waals surface area contributed by atoms with Crippen molar-refractivity contribution in [1.82, 2.24) is 14.8 Å². The van der Waals surface area contributed by atoms with Gasteiger partial charge in [-0.2, -0.15) is 0 Å². The molecular formula is C23H26N4O4. The Morgan fingerprint density at radius 3 is 2.68 bits per heavy atom. The monoisotopic (exact) mass is 422 g/mol. The second-order valence-corrected chi connectivity index (χ2v) is 8.03. The Morgan fingerprint density at radius 1 is 1.13 bits per heavy atom. The summed E-state index contributed by atoms with van der Waals surface area (Å²) >= 11 is 0. The summed E-state index contributed by atoms with van der Waals surface area (Å²) in [5.41, 5.74) is 1.54. The Kier molecular flexibility index (Phi) is 5.88. The molecule has 2 aliphatic rings. The highest BCUT2D eigenvalue weighted by atomic mass is 16.5. The molecule has 1 aromatic carbocycles. The van der Waals surface area contributed by atoms with E-state index < -0.39 is 5.92 Å². The number of anilines is 1. The van der Waals surface area contributed by atoms with E-state index in [-0.39, 0.29) is 36.7 Å². The number of carbonyl (C=O) groups is 3. The van der Waals surface area contributed by atoms with Crippen molar-refractivity contribution in [2.75, 3.05) is 31.6 Å². The van der Waals surface area contributed by atoms with Crippen LogP contribution in [0.2, 0.25) is 0 Å². The van der Waals surface area contributed by atoms with Crippen molar-refractivity contribution < 1.29 is 19.1 Å². The third kappa shape index (κ3) is 4.38. The summed E-state index contributed by atoms with van der Waals surface area (Å²) in [6.07, 6.45) is 1.86. The van der Waals surface area contributed by atoms with Crippen molar-refractivity contribution in [3.8, 4) is 5.75 Å². The number of ether oxygens (including phenoxy) is 1. The second-order valence-electron chi connectivity index (χ2n) is 8.03. The van der Waals surface area contributed by atoms with Gasteiger partial charge in [0.2, 0.25) is 17.7 Å². The number of nitrogens with zero attached hydrogens (tertiary/aromatic N) is 4. The molecule has 2 aliphatic heterocycles. The number of hydrogen-bond acceptors (Lipinski definition) is 5. The second kappa shape index (κ2) is 8.75. The number of amides is 3. The van der Waals surface area contributed by atoms with Gasteiger partial charge in [0.15, 0.2) is 0 Å². The van der Waals surface area contributed by atoms with E-state index in [1.54, 1.807) is 28.0 Å². The molecule has 0 unspecified atom stereocenters. The van der Waals surface area contributed by atoms with Crippen molar-refractivity contribution in [1.29, 1.82) is 0 Å². The highest BCUT2D eigenvalue weighted by molar-refractivity contribution is 5.99. The van der Waals surface area contributed by atoms with Crippen LogP contribution in [0.3, 0.4) is 0 Å². The van der Waals surface area contributed by atoms with E-state index in [9.17, 15) is 14.4 Å². The predicted molar refractivity (Wildman–Crippen MR) is 114 cm³/mol. The molecule has 2 fully saturated rings. The summed E-state index contributed by atoms with van der Waals surface area (Å²) in [5, 5.41) is 0. The van der Waals surface area contributed by atoms with Crippen molar-refractivity contribution in [3.63, 3.8) is 0 Å². The number of aromatic nitrogens is 1. The van der Waals surface area contributed by atoms with Crippen molar-refractivity contribution >= 4 is 23.4 Å². The normalized spacial score (nSPS) is 21.5. The van der Waals surface area contributed by atoms with Gasteiger partial charge in [-0.05, 0) is 31.2 Å². The van der Waals surface area contributed by atoms with Crippen LogP contribution in [0.15, 0.2) is 48.7 Å². The summed E-state index contributed by atoms with van der Waals surface area (Å²) in [6.45, 7) is 3.09. The fourth-order valence-corrected chi connectivity index (χ4v) is 4.31. The standard InChI is InChI=1S/C23H26N4O4/c1-16-12-26(15-22(29)27(16)19-7-5-8-20(11-19)31-2)23(30)17-10-21(28)25(13-17)14-18-6-3-4-9-24-18/h3-9,11,16-17H,10,12-15H2,1-2H3/t16-,17-/m1/s1. The fraction of sp³-hybridized carbons (Fsp3) is 0.391. The summed E-state index contributed by atoms with van der Waals surface area (Å²) in [4.78, 5) is 47.7. The molecule has 0 spiro atoms. The Labute approximate surface area is 181 Å². The van der Waals surface area contributed by atoms with Crippen LogP contribution in [0.1, 0.15) is 19.0 Å². The van der Waals surface area contributed by atoms with Crippen LogP contribution in [0, 0.1) is 5.92 Å². The predicted octanol–water partition coefficient (Wildman–Crippen LogP) is 1.70. The summed E-state index contributed by atoms with van der Waals surface area (Å²) in [6, 6.07) is 12.7. The Hall–Kier alpha value is -3.42. The van der Waals surface area contributed by atoms with Crippen LogP contribution in [0.4, 0.5) is 5.69 Å². The van der Waals surface area contributed by atoms with Crippen molar-refractivity contribution in [3.05, 3.63) is 54.4 Å². The molecule has 8 heteroatoms. The molecule has 1 aromatic heterocycles. The first-order valence-electron chi connectivity index (χ1n) is 10.4. The molecule has 31 heavy (non-hydrogen) atoms. The van der Waals surface area contributed by atoms with Crippen LogP contribution in [0.5, 0.6) is 5.75 Å². The average molecular weight is 422 g/mol. The third-order valence-electron chi connectivity index (χ3n) is 5.81. The smallest absolute Gasteiger partial charge is 0.246 e. The van der Waals surface area contributed by atoms with E-state index in [1.807, 2.05) is 49.4 Å². The molecule has 2 saturated heterocycles. The zero-order valence-corrected chi connectivity index (χ0v) is 17.7. The molecule has 0 aliphatic carbocycles. The van der Waals surface area contributed by atoms with Gasteiger partial charge in [0.1, 0.15) is 12.3 Å². The third-order valence-corrected chi connectivity index (χ3v) is 5.81. The number of pyridine rings is 1. The highest BCUT2D eigenvalue weighted by Crippen LogP contribution is 2.27. The molecule has 8 nitrogen and oxygen atoms in total. The van der Waals surface area contributed by atoms with Gasteiger partial charge in [-0.15, -0.1) is 0 Å². The summed E-state index contributed by atoms with van der Waals surface area (Å²) in [7, 11) is 1.58. The maximum Gasteiger partial charge on any atom is 0.246 e. The van der Waals surface area contributed by atoms with Gasteiger partial charge in [0.25, 0.3) is 0 Å². The summed E-state index contributed by atoms with van der Waals surface area (Å²) < 4.78 is 5.26. The molecule has 0 saturated carbocycles. The molecule has 162 valence electrons. The first-order chi connectivity index (χ1) is 15.0. The van der Waals surface area contributed by atoms with E-state index in [1.165, 1.54) is 0 Å².